The Bertz CT molecular complexity index is 731. The molecular weight excluding hydrogens is 307 g/mol. The highest BCUT2D eigenvalue weighted by molar-refractivity contribution is 7.91. The van der Waals surface area contributed by atoms with E-state index >= 15 is 0 Å². The van der Waals surface area contributed by atoms with E-state index in [9.17, 15) is 12.8 Å². The van der Waals surface area contributed by atoms with E-state index in [1.165, 1.54) is 12.3 Å². The molecule has 1 saturated heterocycles. The van der Waals surface area contributed by atoms with Crippen LogP contribution in [0.3, 0.4) is 0 Å². The van der Waals surface area contributed by atoms with E-state index in [1.807, 2.05) is 4.90 Å². The molecular formula is C15H17FN2O3S. The third kappa shape index (κ3) is 3.53. The molecule has 1 aliphatic rings. The Kier molecular flexibility index (Phi) is 4.26. The summed E-state index contributed by atoms with van der Waals surface area (Å²) in [4.78, 5) is 1.96. The minimum absolute atomic E-state index is 0.110. The molecule has 0 bridgehead atoms. The first kappa shape index (κ1) is 15.2. The van der Waals surface area contributed by atoms with Gasteiger partial charge in [0.15, 0.2) is 9.84 Å². The number of sulfone groups is 1. The van der Waals surface area contributed by atoms with Gasteiger partial charge in [-0.1, -0.05) is 23.4 Å². The smallest absolute Gasteiger partial charge is 0.151 e. The second-order valence-corrected chi connectivity index (χ2v) is 7.77. The SMILES string of the molecule is O=S1(=O)CCC(N(Cc2ccon2)Cc2ccccc2F)C1. The minimum Gasteiger partial charge on any atom is -0.364 e. The maximum Gasteiger partial charge on any atom is 0.151 e. The lowest BCUT2D eigenvalue weighted by Crippen LogP contribution is -2.35. The zero-order valence-electron chi connectivity index (χ0n) is 12.0. The van der Waals surface area contributed by atoms with Crippen LogP contribution >= 0.6 is 0 Å². The molecule has 1 unspecified atom stereocenters. The lowest BCUT2D eigenvalue weighted by Gasteiger charge is -2.27. The Labute approximate surface area is 128 Å². The monoisotopic (exact) mass is 324 g/mol. The highest BCUT2D eigenvalue weighted by Gasteiger charge is 2.32. The summed E-state index contributed by atoms with van der Waals surface area (Å²) >= 11 is 0. The van der Waals surface area contributed by atoms with E-state index in [0.717, 1.165) is 0 Å². The number of aromatic nitrogens is 1. The van der Waals surface area contributed by atoms with Crippen LogP contribution in [-0.2, 0) is 22.9 Å². The molecule has 0 aliphatic carbocycles. The van der Waals surface area contributed by atoms with E-state index in [0.29, 0.717) is 30.8 Å². The molecule has 1 fully saturated rings. The van der Waals surface area contributed by atoms with Crippen molar-refractivity contribution in [2.24, 2.45) is 0 Å². The molecule has 118 valence electrons. The van der Waals surface area contributed by atoms with Gasteiger partial charge in [-0.15, -0.1) is 0 Å². The van der Waals surface area contributed by atoms with Gasteiger partial charge in [-0.3, -0.25) is 4.90 Å². The molecule has 0 amide bonds. The molecule has 0 N–H and O–H groups in total. The maximum absolute atomic E-state index is 13.9. The average Bonchev–Trinajstić information content (AvgIpc) is 3.10. The molecule has 0 spiro atoms. The van der Waals surface area contributed by atoms with Crippen molar-refractivity contribution in [3.8, 4) is 0 Å². The largest absolute Gasteiger partial charge is 0.364 e. The van der Waals surface area contributed by atoms with Crippen LogP contribution in [0.25, 0.3) is 0 Å². The number of nitrogens with zero attached hydrogens (tertiary/aromatic N) is 2. The summed E-state index contributed by atoms with van der Waals surface area (Å²) in [6.45, 7) is 0.782. The standard InChI is InChI=1S/C15H17FN2O3S/c16-15-4-2-1-3-12(15)9-18(10-13-5-7-21-17-13)14-6-8-22(19,20)11-14/h1-5,7,14H,6,8-11H2. The van der Waals surface area contributed by atoms with Crippen molar-refractivity contribution in [1.82, 2.24) is 10.1 Å². The summed E-state index contributed by atoms with van der Waals surface area (Å²) in [5.74, 6) is 0.0114. The third-order valence-corrected chi connectivity index (χ3v) is 5.66. The van der Waals surface area contributed by atoms with Crippen molar-refractivity contribution in [2.45, 2.75) is 25.6 Å². The minimum atomic E-state index is -3.00. The van der Waals surface area contributed by atoms with Crippen molar-refractivity contribution in [3.05, 3.63) is 53.7 Å². The molecule has 5 nitrogen and oxygen atoms in total. The van der Waals surface area contributed by atoms with Crippen molar-refractivity contribution in [1.29, 1.82) is 0 Å². The van der Waals surface area contributed by atoms with Gasteiger partial charge in [0.1, 0.15) is 12.1 Å². The highest BCUT2D eigenvalue weighted by atomic mass is 32.2. The quantitative estimate of drug-likeness (QED) is 0.842. The highest BCUT2D eigenvalue weighted by Crippen LogP contribution is 2.22. The van der Waals surface area contributed by atoms with Gasteiger partial charge < -0.3 is 4.52 Å². The zero-order valence-corrected chi connectivity index (χ0v) is 12.8. The van der Waals surface area contributed by atoms with E-state index in [4.69, 9.17) is 4.52 Å². The fourth-order valence-corrected chi connectivity index (χ4v) is 4.51. The van der Waals surface area contributed by atoms with Gasteiger partial charge in [0.05, 0.1) is 17.2 Å². The zero-order chi connectivity index (χ0) is 15.6. The second-order valence-electron chi connectivity index (χ2n) is 5.54. The maximum atomic E-state index is 13.9. The molecule has 2 heterocycles. The summed E-state index contributed by atoms with van der Waals surface area (Å²) in [5.41, 5.74) is 1.26. The number of hydrogen-bond donors (Lipinski definition) is 0. The Balaban J connectivity index is 1.81. The molecule has 0 radical (unpaired) electrons. The van der Waals surface area contributed by atoms with Crippen LogP contribution in [0.4, 0.5) is 4.39 Å². The van der Waals surface area contributed by atoms with Crippen LogP contribution < -0.4 is 0 Å². The van der Waals surface area contributed by atoms with E-state index in [-0.39, 0.29) is 23.4 Å². The van der Waals surface area contributed by atoms with Crippen molar-refractivity contribution in [3.63, 3.8) is 0 Å². The van der Waals surface area contributed by atoms with Crippen LogP contribution in [-0.4, -0.2) is 36.0 Å². The van der Waals surface area contributed by atoms with Crippen LogP contribution in [0.2, 0.25) is 0 Å². The molecule has 1 aromatic carbocycles. The summed E-state index contributed by atoms with van der Waals surface area (Å²) < 4.78 is 42.2. The fourth-order valence-electron chi connectivity index (χ4n) is 2.75. The topological polar surface area (TPSA) is 63.4 Å². The summed E-state index contributed by atoms with van der Waals surface area (Å²) in [6.07, 6.45) is 2.04. The molecule has 2 aromatic rings. The van der Waals surface area contributed by atoms with Crippen LogP contribution in [0.5, 0.6) is 0 Å². The lowest BCUT2D eigenvalue weighted by molar-refractivity contribution is 0.186. The first-order valence-electron chi connectivity index (χ1n) is 7.11. The number of rotatable bonds is 5. The summed E-state index contributed by atoms with van der Waals surface area (Å²) in [5, 5.41) is 3.87. The molecule has 0 saturated carbocycles. The predicted molar refractivity (Wildman–Crippen MR) is 79.2 cm³/mol. The van der Waals surface area contributed by atoms with E-state index < -0.39 is 9.84 Å². The normalized spacial score (nSPS) is 20.5. The molecule has 1 aliphatic heterocycles. The number of benzene rings is 1. The van der Waals surface area contributed by atoms with Gasteiger partial charge >= 0.3 is 0 Å². The lowest BCUT2D eigenvalue weighted by atomic mass is 10.1. The van der Waals surface area contributed by atoms with Gasteiger partial charge in [-0.25, -0.2) is 12.8 Å². The van der Waals surface area contributed by atoms with Crippen molar-refractivity contribution >= 4 is 9.84 Å². The predicted octanol–water partition coefficient (Wildman–Crippen LogP) is 2.00. The first-order chi connectivity index (χ1) is 10.5. The van der Waals surface area contributed by atoms with Gasteiger partial charge in [0, 0.05) is 30.8 Å². The molecule has 22 heavy (non-hydrogen) atoms. The number of hydrogen-bond acceptors (Lipinski definition) is 5. The average molecular weight is 324 g/mol. The van der Waals surface area contributed by atoms with Crippen LogP contribution in [0.15, 0.2) is 41.1 Å². The van der Waals surface area contributed by atoms with Crippen molar-refractivity contribution < 1.29 is 17.3 Å². The van der Waals surface area contributed by atoms with Gasteiger partial charge in [0.25, 0.3) is 0 Å². The molecule has 7 heteroatoms. The summed E-state index contributed by atoms with van der Waals surface area (Å²) in [6, 6.07) is 8.15. The van der Waals surface area contributed by atoms with E-state index in [2.05, 4.69) is 5.16 Å². The Morgan fingerprint density at radius 3 is 2.73 bits per heavy atom. The van der Waals surface area contributed by atoms with Gasteiger partial charge in [-0.2, -0.15) is 0 Å². The Morgan fingerprint density at radius 2 is 2.09 bits per heavy atom. The van der Waals surface area contributed by atoms with Crippen molar-refractivity contribution in [2.75, 3.05) is 11.5 Å². The van der Waals surface area contributed by atoms with Gasteiger partial charge in [0.2, 0.25) is 0 Å². The van der Waals surface area contributed by atoms with E-state index in [1.54, 1.807) is 24.3 Å². The second kappa shape index (κ2) is 6.18. The Morgan fingerprint density at radius 1 is 1.27 bits per heavy atom. The molecule has 3 rings (SSSR count). The third-order valence-electron chi connectivity index (χ3n) is 3.91. The number of halogens is 1. The fraction of sp³-hybridized carbons (Fsp3) is 0.400. The molecule has 1 atom stereocenters. The Hall–Kier alpha value is -1.73. The van der Waals surface area contributed by atoms with Crippen LogP contribution in [0, 0.1) is 5.82 Å². The molecule has 1 aromatic heterocycles. The summed E-state index contributed by atoms with van der Waals surface area (Å²) in [7, 11) is -3.00. The van der Waals surface area contributed by atoms with Crippen LogP contribution in [0.1, 0.15) is 17.7 Å². The van der Waals surface area contributed by atoms with Gasteiger partial charge in [-0.05, 0) is 12.5 Å². The first-order valence-corrected chi connectivity index (χ1v) is 8.93.